The third-order valence-corrected chi connectivity index (χ3v) is 5.93. The van der Waals surface area contributed by atoms with E-state index in [4.69, 9.17) is 0 Å². The van der Waals surface area contributed by atoms with Crippen molar-refractivity contribution >= 4 is 23.6 Å². The van der Waals surface area contributed by atoms with Gasteiger partial charge in [-0.05, 0) is 32.3 Å². The van der Waals surface area contributed by atoms with E-state index in [1.807, 2.05) is 23.6 Å². The summed E-state index contributed by atoms with van der Waals surface area (Å²) in [5, 5.41) is 0.00903. The van der Waals surface area contributed by atoms with Gasteiger partial charge in [0, 0.05) is 26.1 Å². The average Bonchev–Trinajstić information content (AvgIpc) is 2.83. The number of thioether (sulfide) groups is 1. The third kappa shape index (κ3) is 5.00. The summed E-state index contributed by atoms with van der Waals surface area (Å²) in [4.78, 5) is 28.8. The Morgan fingerprint density at radius 2 is 1.92 bits per heavy atom. The lowest BCUT2D eigenvalue weighted by molar-refractivity contribution is -0.135. The predicted molar refractivity (Wildman–Crippen MR) is 104 cm³/mol. The third-order valence-electron chi connectivity index (χ3n) is 4.54. The number of benzene rings is 1. The highest BCUT2D eigenvalue weighted by atomic mass is 32.2. The van der Waals surface area contributed by atoms with E-state index in [1.54, 1.807) is 11.8 Å². The van der Waals surface area contributed by atoms with Crippen LogP contribution in [0.1, 0.15) is 50.6 Å². The molecule has 1 aromatic carbocycles. The number of nitrogens with zero attached hydrogens (tertiary/aromatic N) is 2. The molecule has 2 amide bonds. The Labute approximate surface area is 156 Å². The van der Waals surface area contributed by atoms with Crippen molar-refractivity contribution in [2.24, 2.45) is 5.92 Å². The van der Waals surface area contributed by atoms with Gasteiger partial charge in [-0.3, -0.25) is 9.59 Å². The minimum Gasteiger partial charge on any atom is -0.341 e. The fourth-order valence-electron chi connectivity index (χ4n) is 3.06. The molecular formula is C20H30N2O2S. The molecule has 1 aliphatic heterocycles. The van der Waals surface area contributed by atoms with Gasteiger partial charge >= 0.3 is 0 Å². The summed E-state index contributed by atoms with van der Waals surface area (Å²) < 4.78 is 0. The van der Waals surface area contributed by atoms with Crippen molar-refractivity contribution in [2.75, 3.05) is 19.6 Å². The molecule has 2 atom stereocenters. The minimum absolute atomic E-state index is 0.0345. The first-order chi connectivity index (χ1) is 11.8. The van der Waals surface area contributed by atoms with Crippen molar-refractivity contribution in [3.8, 4) is 0 Å². The number of aryl methyl sites for hydroxylation is 1. The van der Waals surface area contributed by atoms with Crippen molar-refractivity contribution < 1.29 is 9.59 Å². The summed E-state index contributed by atoms with van der Waals surface area (Å²) in [5.41, 5.74) is 2.37. The zero-order valence-corrected chi connectivity index (χ0v) is 16.8. The lowest BCUT2D eigenvalue weighted by atomic mass is 10.1. The summed E-state index contributed by atoms with van der Waals surface area (Å²) >= 11 is 1.69. The second-order valence-corrected chi connectivity index (χ2v) is 8.57. The molecule has 0 N–H and O–H groups in total. The molecule has 2 unspecified atom stereocenters. The van der Waals surface area contributed by atoms with E-state index in [2.05, 4.69) is 45.0 Å². The van der Waals surface area contributed by atoms with E-state index in [0.717, 1.165) is 5.56 Å². The van der Waals surface area contributed by atoms with Gasteiger partial charge in [-0.1, -0.05) is 43.7 Å². The minimum atomic E-state index is -0.0345. The van der Waals surface area contributed by atoms with E-state index in [0.29, 0.717) is 32.0 Å². The Balaban J connectivity index is 2.07. The number of likely N-dealkylation sites (N-methyl/N-ethyl adjacent to an activating group) is 1. The highest BCUT2D eigenvalue weighted by Crippen LogP contribution is 2.42. The quantitative estimate of drug-likeness (QED) is 0.740. The summed E-state index contributed by atoms with van der Waals surface area (Å²) in [7, 11) is 0. The fourth-order valence-corrected chi connectivity index (χ4v) is 4.37. The van der Waals surface area contributed by atoms with Gasteiger partial charge in [0.15, 0.2) is 0 Å². The first-order valence-corrected chi connectivity index (χ1v) is 10.1. The fraction of sp³-hybridized carbons (Fsp3) is 0.600. The summed E-state index contributed by atoms with van der Waals surface area (Å²) in [5.74, 6) is 0.700. The predicted octanol–water partition coefficient (Wildman–Crippen LogP) is 3.85. The maximum atomic E-state index is 12.6. The molecule has 0 saturated carbocycles. The molecule has 0 aliphatic carbocycles. The van der Waals surface area contributed by atoms with E-state index < -0.39 is 0 Å². The SMILES string of the molecule is CCN(CCN1C(=O)C(C)SC1c1ccc(C)cc1)C(=O)CC(C)C. The van der Waals surface area contributed by atoms with Crippen LogP contribution in [0.5, 0.6) is 0 Å². The molecule has 138 valence electrons. The first-order valence-electron chi connectivity index (χ1n) is 9.13. The largest absolute Gasteiger partial charge is 0.341 e. The van der Waals surface area contributed by atoms with Crippen molar-refractivity contribution in [2.45, 2.75) is 51.7 Å². The molecule has 0 bridgehead atoms. The molecule has 1 saturated heterocycles. The normalized spacial score (nSPS) is 20.4. The Kier molecular flexibility index (Phi) is 6.94. The number of carbonyl (C=O) groups excluding carboxylic acids is 2. The second-order valence-electron chi connectivity index (χ2n) is 7.14. The molecule has 0 aromatic heterocycles. The van der Waals surface area contributed by atoms with Gasteiger partial charge in [0.05, 0.1) is 5.25 Å². The maximum Gasteiger partial charge on any atom is 0.236 e. The Morgan fingerprint density at radius 3 is 2.48 bits per heavy atom. The number of hydrogen-bond donors (Lipinski definition) is 0. The molecule has 4 nitrogen and oxygen atoms in total. The maximum absolute atomic E-state index is 12.6. The van der Waals surface area contributed by atoms with Gasteiger partial charge in [-0.2, -0.15) is 0 Å². The van der Waals surface area contributed by atoms with Crippen LogP contribution < -0.4 is 0 Å². The van der Waals surface area contributed by atoms with Crippen LogP contribution in [-0.2, 0) is 9.59 Å². The summed E-state index contributed by atoms with van der Waals surface area (Å²) in [6, 6.07) is 8.39. The molecule has 0 radical (unpaired) electrons. The van der Waals surface area contributed by atoms with Gasteiger partial charge in [0.25, 0.3) is 0 Å². The molecule has 1 fully saturated rings. The summed E-state index contributed by atoms with van der Waals surface area (Å²) in [6.45, 7) is 12.0. The van der Waals surface area contributed by atoms with Crippen LogP contribution in [0.2, 0.25) is 0 Å². The first kappa shape index (κ1) is 19.8. The number of carbonyl (C=O) groups is 2. The highest BCUT2D eigenvalue weighted by molar-refractivity contribution is 8.01. The number of hydrogen-bond acceptors (Lipinski definition) is 3. The molecule has 0 spiro atoms. The van der Waals surface area contributed by atoms with E-state index >= 15 is 0 Å². The average molecular weight is 363 g/mol. The standard InChI is InChI=1S/C20H30N2O2S/c1-6-21(18(23)13-14(2)3)11-12-22-19(24)16(5)25-20(22)17-9-7-15(4)8-10-17/h7-10,14,16,20H,6,11-13H2,1-5H3. The van der Waals surface area contributed by atoms with Crippen LogP contribution in [-0.4, -0.2) is 46.5 Å². The summed E-state index contributed by atoms with van der Waals surface area (Å²) in [6.07, 6.45) is 0.564. The molecular weight excluding hydrogens is 332 g/mol. The zero-order valence-electron chi connectivity index (χ0n) is 16.0. The van der Waals surface area contributed by atoms with E-state index in [9.17, 15) is 9.59 Å². The van der Waals surface area contributed by atoms with Gasteiger partial charge in [-0.15, -0.1) is 11.8 Å². The number of amides is 2. The van der Waals surface area contributed by atoms with Crippen LogP contribution in [0.25, 0.3) is 0 Å². The van der Waals surface area contributed by atoms with Crippen molar-refractivity contribution in [1.82, 2.24) is 9.80 Å². The Morgan fingerprint density at radius 1 is 1.28 bits per heavy atom. The Hall–Kier alpha value is -1.49. The van der Waals surface area contributed by atoms with Gasteiger partial charge in [0.1, 0.15) is 5.37 Å². The van der Waals surface area contributed by atoms with Crippen molar-refractivity contribution in [1.29, 1.82) is 0 Å². The molecule has 5 heteroatoms. The second kappa shape index (κ2) is 8.75. The van der Waals surface area contributed by atoms with E-state index in [-0.39, 0.29) is 22.4 Å². The lowest BCUT2D eigenvalue weighted by Gasteiger charge is -2.28. The van der Waals surface area contributed by atoms with Gasteiger partial charge in [0.2, 0.25) is 11.8 Å². The highest BCUT2D eigenvalue weighted by Gasteiger charge is 2.38. The van der Waals surface area contributed by atoms with Crippen LogP contribution in [0.3, 0.4) is 0 Å². The lowest BCUT2D eigenvalue weighted by Crippen LogP contribution is -2.41. The topological polar surface area (TPSA) is 40.6 Å². The smallest absolute Gasteiger partial charge is 0.236 e. The van der Waals surface area contributed by atoms with E-state index in [1.165, 1.54) is 5.56 Å². The van der Waals surface area contributed by atoms with Crippen LogP contribution in [0, 0.1) is 12.8 Å². The van der Waals surface area contributed by atoms with Crippen LogP contribution in [0.15, 0.2) is 24.3 Å². The van der Waals surface area contributed by atoms with Gasteiger partial charge < -0.3 is 9.80 Å². The molecule has 1 heterocycles. The molecule has 25 heavy (non-hydrogen) atoms. The Bertz CT molecular complexity index is 600. The van der Waals surface area contributed by atoms with Crippen molar-refractivity contribution in [3.63, 3.8) is 0 Å². The zero-order chi connectivity index (χ0) is 18.6. The molecule has 2 rings (SSSR count). The van der Waals surface area contributed by atoms with Gasteiger partial charge in [-0.25, -0.2) is 0 Å². The monoisotopic (exact) mass is 362 g/mol. The van der Waals surface area contributed by atoms with Crippen molar-refractivity contribution in [3.05, 3.63) is 35.4 Å². The molecule has 1 aromatic rings. The van der Waals surface area contributed by atoms with Crippen LogP contribution >= 0.6 is 11.8 Å². The van der Waals surface area contributed by atoms with Crippen LogP contribution in [0.4, 0.5) is 0 Å². The number of rotatable bonds is 7. The molecule has 1 aliphatic rings.